The van der Waals surface area contributed by atoms with Crippen LogP contribution in [0.3, 0.4) is 0 Å². The fourth-order valence-electron chi connectivity index (χ4n) is 2.41. The maximum absolute atomic E-state index is 6.09. The molecule has 26 heavy (non-hydrogen) atoms. The van der Waals surface area contributed by atoms with Crippen LogP contribution in [0.2, 0.25) is 0 Å². The van der Waals surface area contributed by atoms with E-state index >= 15 is 0 Å². The molecule has 0 bridgehead atoms. The Hall–Kier alpha value is -1.43. The fourth-order valence-corrected chi connectivity index (χ4v) is 4.05. The molecule has 0 heterocycles. The summed E-state index contributed by atoms with van der Waals surface area (Å²) in [4.78, 5) is 4.63. The van der Waals surface area contributed by atoms with Crippen LogP contribution in [0, 0.1) is 6.92 Å². The predicted octanol–water partition coefficient (Wildman–Crippen LogP) is 7.61. The average molecular weight is 538 g/mol. The van der Waals surface area contributed by atoms with Crippen LogP contribution in [0.4, 0.5) is 5.69 Å². The number of aryl methyl sites for hydroxylation is 1. The highest BCUT2D eigenvalue weighted by Gasteiger charge is 2.10. The minimum atomic E-state index is 0.485. The third-order valence-electron chi connectivity index (χ3n) is 3.79. The quantitative estimate of drug-likeness (QED) is 0.307. The van der Waals surface area contributed by atoms with E-state index in [1.165, 1.54) is 0 Å². The van der Waals surface area contributed by atoms with Crippen LogP contribution >= 0.6 is 47.8 Å². The van der Waals surface area contributed by atoms with Gasteiger partial charge < -0.3 is 4.74 Å². The molecule has 0 amide bonds. The topological polar surface area (TPSA) is 21.6 Å². The number of aliphatic imine (C=N–C) groups is 1. The molecule has 0 atom stereocenters. The molecule has 0 N–H and O–H groups in total. The van der Waals surface area contributed by atoms with E-state index in [1.807, 2.05) is 60.8 Å². The Morgan fingerprint density at radius 3 is 2.38 bits per heavy atom. The molecule has 0 spiro atoms. The third-order valence-corrected chi connectivity index (χ3v) is 5.37. The molecule has 0 saturated carbocycles. The summed E-state index contributed by atoms with van der Waals surface area (Å²) in [6.45, 7) is 2.53. The second kappa shape index (κ2) is 8.98. The molecule has 2 nitrogen and oxygen atoms in total. The molecule has 0 fully saturated rings. The monoisotopic (exact) mass is 535 g/mol. The number of hydrogen-bond donors (Lipinski definition) is 0. The van der Waals surface area contributed by atoms with Crippen molar-refractivity contribution in [3.63, 3.8) is 0 Å². The molecule has 132 valence electrons. The van der Waals surface area contributed by atoms with E-state index in [4.69, 9.17) is 4.74 Å². The van der Waals surface area contributed by atoms with Crippen LogP contribution in [-0.4, -0.2) is 6.21 Å². The van der Waals surface area contributed by atoms with Gasteiger partial charge >= 0.3 is 0 Å². The summed E-state index contributed by atoms with van der Waals surface area (Å²) in [6, 6.07) is 20.1. The van der Waals surface area contributed by atoms with Crippen LogP contribution in [0.5, 0.6) is 5.75 Å². The van der Waals surface area contributed by atoms with Gasteiger partial charge in [0.15, 0.2) is 0 Å². The van der Waals surface area contributed by atoms with E-state index < -0.39 is 0 Å². The Kier molecular flexibility index (Phi) is 6.68. The van der Waals surface area contributed by atoms with Crippen molar-refractivity contribution in [2.45, 2.75) is 13.5 Å². The first kappa shape index (κ1) is 19.3. The largest absolute Gasteiger partial charge is 0.487 e. The molecule has 0 radical (unpaired) electrons. The Morgan fingerprint density at radius 1 is 0.923 bits per heavy atom. The van der Waals surface area contributed by atoms with Gasteiger partial charge in [-0.25, -0.2) is 0 Å². The molecule has 3 rings (SSSR count). The van der Waals surface area contributed by atoms with Gasteiger partial charge in [0.2, 0.25) is 0 Å². The predicted molar refractivity (Wildman–Crippen MR) is 119 cm³/mol. The highest BCUT2D eigenvalue weighted by molar-refractivity contribution is 9.11. The van der Waals surface area contributed by atoms with Crippen molar-refractivity contribution in [1.29, 1.82) is 0 Å². The van der Waals surface area contributed by atoms with Gasteiger partial charge in [-0.3, -0.25) is 4.99 Å². The number of halogens is 3. The van der Waals surface area contributed by atoms with E-state index in [0.29, 0.717) is 6.61 Å². The zero-order chi connectivity index (χ0) is 18.5. The second-order valence-electron chi connectivity index (χ2n) is 5.77. The molecule has 0 aromatic heterocycles. The zero-order valence-corrected chi connectivity index (χ0v) is 18.8. The molecule has 0 unspecified atom stereocenters. The summed E-state index contributed by atoms with van der Waals surface area (Å²) < 4.78 is 9.00. The van der Waals surface area contributed by atoms with Crippen LogP contribution in [0.15, 0.2) is 79.1 Å². The number of nitrogens with zero attached hydrogens (tertiary/aromatic N) is 1. The van der Waals surface area contributed by atoms with Gasteiger partial charge in [-0.2, -0.15) is 0 Å². The maximum atomic E-state index is 6.09. The van der Waals surface area contributed by atoms with Crippen LogP contribution in [0.1, 0.15) is 16.7 Å². The number of rotatable bonds is 5. The number of ether oxygens (including phenoxy) is 1. The van der Waals surface area contributed by atoms with Gasteiger partial charge in [-0.1, -0.05) is 62.2 Å². The second-order valence-corrected chi connectivity index (χ2v) is 8.45. The summed E-state index contributed by atoms with van der Waals surface area (Å²) in [6.07, 6.45) is 1.84. The highest BCUT2D eigenvalue weighted by Crippen LogP contribution is 2.33. The van der Waals surface area contributed by atoms with E-state index in [-0.39, 0.29) is 0 Å². The first-order valence-electron chi connectivity index (χ1n) is 7.99. The van der Waals surface area contributed by atoms with Crippen LogP contribution < -0.4 is 4.74 Å². The Morgan fingerprint density at radius 2 is 1.65 bits per heavy atom. The van der Waals surface area contributed by atoms with E-state index in [9.17, 15) is 0 Å². The van der Waals surface area contributed by atoms with Gasteiger partial charge in [0.25, 0.3) is 0 Å². The van der Waals surface area contributed by atoms with Crippen molar-refractivity contribution in [3.8, 4) is 5.75 Å². The van der Waals surface area contributed by atoms with E-state index in [1.54, 1.807) is 0 Å². The lowest BCUT2D eigenvalue weighted by molar-refractivity contribution is 0.304. The summed E-state index contributed by atoms with van der Waals surface area (Å²) >= 11 is 10.6. The summed E-state index contributed by atoms with van der Waals surface area (Å²) in [5.74, 6) is 0.772. The zero-order valence-electron chi connectivity index (χ0n) is 14.0. The lowest BCUT2D eigenvalue weighted by atomic mass is 10.2. The summed E-state index contributed by atoms with van der Waals surface area (Å²) in [7, 11) is 0. The van der Waals surface area contributed by atoms with E-state index in [0.717, 1.165) is 41.5 Å². The lowest BCUT2D eigenvalue weighted by Gasteiger charge is -2.12. The Bertz CT molecular complexity index is 936. The van der Waals surface area contributed by atoms with Gasteiger partial charge in [-0.15, -0.1) is 0 Å². The van der Waals surface area contributed by atoms with E-state index in [2.05, 4.69) is 65.8 Å². The van der Waals surface area contributed by atoms with Gasteiger partial charge in [-0.05, 0) is 64.3 Å². The Labute approximate surface area is 178 Å². The molecule has 3 aromatic rings. The molecular formula is C21H16Br3NO. The molecular weight excluding hydrogens is 522 g/mol. The van der Waals surface area contributed by atoms with Crippen molar-refractivity contribution in [2.24, 2.45) is 4.99 Å². The third kappa shape index (κ3) is 5.06. The number of hydrogen-bond acceptors (Lipinski definition) is 2. The first-order chi connectivity index (χ1) is 12.5. The van der Waals surface area contributed by atoms with Crippen molar-refractivity contribution >= 4 is 59.7 Å². The lowest BCUT2D eigenvalue weighted by Crippen LogP contribution is -1.99. The molecule has 0 saturated heterocycles. The first-order valence-corrected chi connectivity index (χ1v) is 10.4. The summed E-state index contributed by atoms with van der Waals surface area (Å²) in [5.41, 5.74) is 4.09. The SMILES string of the molecule is Cc1ccccc1N=Cc1cc(Br)cc(Br)c1OCc1ccc(Br)cc1. The Balaban J connectivity index is 1.87. The number of para-hydroxylation sites is 1. The fraction of sp³-hybridized carbons (Fsp3) is 0.0952. The van der Waals surface area contributed by atoms with Gasteiger partial charge in [0.05, 0.1) is 10.2 Å². The van der Waals surface area contributed by atoms with Crippen LogP contribution in [0.25, 0.3) is 0 Å². The summed E-state index contributed by atoms with van der Waals surface area (Å²) in [5, 5.41) is 0. The molecule has 0 aliphatic carbocycles. The average Bonchev–Trinajstić information content (AvgIpc) is 2.61. The number of benzene rings is 3. The minimum Gasteiger partial charge on any atom is -0.487 e. The molecule has 5 heteroatoms. The normalized spacial score (nSPS) is 11.1. The molecule has 0 aliphatic heterocycles. The standard InChI is InChI=1S/C21H16Br3NO/c1-14-4-2-3-5-20(14)25-12-16-10-18(23)11-19(24)21(16)26-13-15-6-8-17(22)9-7-15/h2-12H,13H2,1H3. The molecule has 0 aliphatic rings. The van der Waals surface area contributed by atoms with Crippen molar-refractivity contribution in [1.82, 2.24) is 0 Å². The minimum absolute atomic E-state index is 0.485. The highest BCUT2D eigenvalue weighted by atomic mass is 79.9. The van der Waals surface area contributed by atoms with Crippen molar-refractivity contribution in [2.75, 3.05) is 0 Å². The van der Waals surface area contributed by atoms with Gasteiger partial charge in [0.1, 0.15) is 12.4 Å². The maximum Gasteiger partial charge on any atom is 0.142 e. The molecule has 3 aromatic carbocycles. The van der Waals surface area contributed by atoms with Crippen LogP contribution in [-0.2, 0) is 6.61 Å². The van der Waals surface area contributed by atoms with Gasteiger partial charge in [0, 0.05) is 20.7 Å². The van der Waals surface area contributed by atoms with Crippen molar-refractivity contribution in [3.05, 3.63) is 90.8 Å². The van der Waals surface area contributed by atoms with Crippen molar-refractivity contribution < 1.29 is 4.74 Å². The smallest absolute Gasteiger partial charge is 0.142 e.